The molecule has 2 rings (SSSR count). The monoisotopic (exact) mass is 311 g/mol. The summed E-state index contributed by atoms with van der Waals surface area (Å²) in [6.45, 7) is 6.59. The van der Waals surface area contributed by atoms with E-state index in [0.717, 1.165) is 31.2 Å². The first-order valence-corrected chi connectivity index (χ1v) is 8.10. The highest BCUT2D eigenvalue weighted by atomic mass is 35.5. The van der Waals surface area contributed by atoms with Crippen LogP contribution in [0.15, 0.2) is 6.07 Å². The fourth-order valence-corrected chi connectivity index (χ4v) is 3.71. The molecule has 1 aliphatic rings. The Hall–Kier alpha value is -0.930. The summed E-state index contributed by atoms with van der Waals surface area (Å²) in [5.41, 5.74) is 2.51. The molecule has 1 fully saturated rings. The molecule has 0 unspecified atom stereocenters. The largest absolute Gasteiger partial charge is 0.493 e. The molecule has 1 aromatic carbocycles. The Labute approximate surface area is 133 Å². The average molecular weight is 312 g/mol. The number of rotatable bonds is 5. The first kappa shape index (κ1) is 16.4. The molecule has 0 spiro atoms. The molecule has 0 amide bonds. The van der Waals surface area contributed by atoms with E-state index < -0.39 is 0 Å². The molecule has 1 aliphatic heterocycles. The molecule has 0 aliphatic carbocycles. The Morgan fingerprint density at radius 2 is 1.90 bits per heavy atom. The van der Waals surface area contributed by atoms with Gasteiger partial charge in [0.25, 0.3) is 0 Å². The van der Waals surface area contributed by atoms with Gasteiger partial charge in [-0.05, 0) is 61.4 Å². The van der Waals surface area contributed by atoms with Gasteiger partial charge in [0.1, 0.15) is 0 Å². The Kier molecular flexibility index (Phi) is 5.77. The van der Waals surface area contributed by atoms with Crippen LogP contribution >= 0.6 is 11.6 Å². The third-order valence-electron chi connectivity index (χ3n) is 4.28. The highest BCUT2D eigenvalue weighted by Crippen LogP contribution is 2.43. The van der Waals surface area contributed by atoms with Crippen LogP contribution in [0.2, 0.25) is 5.02 Å². The van der Waals surface area contributed by atoms with Crippen LogP contribution in [0.4, 0.5) is 0 Å². The number of halogens is 1. The SMILES string of the molecule is COc1cc(CC2CCNCC2)c(C(C)C)c(Cl)c1OC. The van der Waals surface area contributed by atoms with Crippen LogP contribution in [0.1, 0.15) is 43.7 Å². The van der Waals surface area contributed by atoms with Crippen LogP contribution < -0.4 is 14.8 Å². The molecule has 1 aromatic rings. The summed E-state index contributed by atoms with van der Waals surface area (Å²) in [4.78, 5) is 0. The fraction of sp³-hybridized carbons (Fsp3) is 0.647. The van der Waals surface area contributed by atoms with Gasteiger partial charge in [-0.3, -0.25) is 0 Å². The second-order valence-corrected chi connectivity index (χ2v) is 6.43. The third kappa shape index (κ3) is 3.64. The van der Waals surface area contributed by atoms with Gasteiger partial charge in [-0.2, -0.15) is 0 Å². The predicted molar refractivity (Wildman–Crippen MR) is 87.9 cm³/mol. The summed E-state index contributed by atoms with van der Waals surface area (Å²) in [5.74, 6) is 2.47. The van der Waals surface area contributed by atoms with Gasteiger partial charge >= 0.3 is 0 Å². The molecule has 1 saturated heterocycles. The van der Waals surface area contributed by atoms with Crippen molar-refractivity contribution in [1.82, 2.24) is 5.32 Å². The quantitative estimate of drug-likeness (QED) is 0.891. The fourth-order valence-electron chi connectivity index (χ4n) is 3.20. The van der Waals surface area contributed by atoms with Crippen molar-refractivity contribution in [2.24, 2.45) is 5.92 Å². The van der Waals surface area contributed by atoms with Crippen molar-refractivity contribution >= 4 is 11.6 Å². The molecular weight excluding hydrogens is 286 g/mol. The van der Waals surface area contributed by atoms with Crippen molar-refractivity contribution in [1.29, 1.82) is 0 Å². The molecule has 4 heteroatoms. The van der Waals surface area contributed by atoms with Gasteiger partial charge < -0.3 is 14.8 Å². The average Bonchev–Trinajstić information content (AvgIpc) is 2.47. The molecule has 0 saturated carbocycles. The number of ether oxygens (including phenoxy) is 2. The van der Waals surface area contributed by atoms with Crippen molar-refractivity contribution in [3.05, 3.63) is 22.2 Å². The van der Waals surface area contributed by atoms with E-state index in [2.05, 4.69) is 25.2 Å². The van der Waals surface area contributed by atoms with E-state index in [1.165, 1.54) is 24.0 Å². The molecule has 3 nitrogen and oxygen atoms in total. The lowest BCUT2D eigenvalue weighted by Crippen LogP contribution is -2.28. The number of hydrogen-bond donors (Lipinski definition) is 1. The van der Waals surface area contributed by atoms with Crippen molar-refractivity contribution in [3.63, 3.8) is 0 Å². The Balaban J connectivity index is 2.39. The maximum atomic E-state index is 6.59. The summed E-state index contributed by atoms with van der Waals surface area (Å²) in [7, 11) is 3.30. The van der Waals surface area contributed by atoms with E-state index in [1.54, 1.807) is 14.2 Å². The second kappa shape index (κ2) is 7.37. The minimum atomic E-state index is 0.369. The summed E-state index contributed by atoms with van der Waals surface area (Å²) < 4.78 is 10.9. The molecular formula is C17H26ClNO2. The zero-order chi connectivity index (χ0) is 15.4. The minimum absolute atomic E-state index is 0.369. The lowest BCUT2D eigenvalue weighted by molar-refractivity contribution is 0.350. The molecule has 0 bridgehead atoms. The van der Waals surface area contributed by atoms with E-state index >= 15 is 0 Å². The van der Waals surface area contributed by atoms with E-state index in [-0.39, 0.29) is 0 Å². The molecule has 1 N–H and O–H groups in total. The maximum Gasteiger partial charge on any atom is 0.179 e. The molecule has 0 radical (unpaired) electrons. The number of nitrogens with one attached hydrogen (secondary N) is 1. The summed E-state index contributed by atoms with van der Waals surface area (Å²) in [6, 6.07) is 2.11. The molecule has 0 atom stereocenters. The first-order chi connectivity index (χ1) is 10.1. The number of methoxy groups -OCH3 is 2. The Morgan fingerprint density at radius 1 is 1.24 bits per heavy atom. The van der Waals surface area contributed by atoms with Crippen LogP contribution in [0.5, 0.6) is 11.5 Å². The number of hydrogen-bond acceptors (Lipinski definition) is 3. The Bertz CT molecular complexity index is 482. The molecule has 21 heavy (non-hydrogen) atoms. The smallest absolute Gasteiger partial charge is 0.179 e. The van der Waals surface area contributed by atoms with Crippen LogP contribution in [0.25, 0.3) is 0 Å². The second-order valence-electron chi connectivity index (χ2n) is 6.05. The molecule has 118 valence electrons. The summed E-state index contributed by atoms with van der Waals surface area (Å²) in [5, 5.41) is 4.12. The lowest BCUT2D eigenvalue weighted by Gasteiger charge is -2.26. The molecule has 0 aromatic heterocycles. The minimum Gasteiger partial charge on any atom is -0.493 e. The van der Waals surface area contributed by atoms with Gasteiger partial charge in [-0.25, -0.2) is 0 Å². The molecule has 1 heterocycles. The van der Waals surface area contributed by atoms with Crippen molar-refractivity contribution in [2.75, 3.05) is 27.3 Å². The summed E-state index contributed by atoms with van der Waals surface area (Å²) >= 11 is 6.59. The van der Waals surface area contributed by atoms with E-state index in [4.69, 9.17) is 21.1 Å². The van der Waals surface area contributed by atoms with Crippen molar-refractivity contribution < 1.29 is 9.47 Å². The van der Waals surface area contributed by atoms with Gasteiger partial charge in [0.15, 0.2) is 11.5 Å². The number of benzene rings is 1. The summed E-state index contributed by atoms with van der Waals surface area (Å²) in [6.07, 6.45) is 3.52. The van der Waals surface area contributed by atoms with Crippen LogP contribution in [0.3, 0.4) is 0 Å². The van der Waals surface area contributed by atoms with Crippen molar-refractivity contribution in [3.8, 4) is 11.5 Å². The highest BCUT2D eigenvalue weighted by molar-refractivity contribution is 6.33. The van der Waals surface area contributed by atoms with E-state index in [0.29, 0.717) is 16.7 Å². The van der Waals surface area contributed by atoms with Crippen LogP contribution in [-0.2, 0) is 6.42 Å². The lowest BCUT2D eigenvalue weighted by atomic mass is 9.86. The normalized spacial score (nSPS) is 16.3. The highest BCUT2D eigenvalue weighted by Gasteiger charge is 2.23. The number of piperidine rings is 1. The first-order valence-electron chi connectivity index (χ1n) is 7.72. The Morgan fingerprint density at radius 3 is 2.43 bits per heavy atom. The van der Waals surface area contributed by atoms with Gasteiger partial charge in [0.05, 0.1) is 19.2 Å². The third-order valence-corrected chi connectivity index (χ3v) is 4.65. The van der Waals surface area contributed by atoms with E-state index in [9.17, 15) is 0 Å². The van der Waals surface area contributed by atoms with Crippen LogP contribution in [-0.4, -0.2) is 27.3 Å². The zero-order valence-corrected chi connectivity index (χ0v) is 14.2. The zero-order valence-electron chi connectivity index (χ0n) is 13.5. The predicted octanol–water partition coefficient (Wildman–Crippen LogP) is 4.02. The van der Waals surface area contributed by atoms with Crippen molar-refractivity contribution in [2.45, 2.75) is 39.0 Å². The maximum absolute atomic E-state index is 6.59. The van der Waals surface area contributed by atoms with Gasteiger partial charge in [0.2, 0.25) is 0 Å². The van der Waals surface area contributed by atoms with Gasteiger partial charge in [-0.1, -0.05) is 25.4 Å². The van der Waals surface area contributed by atoms with Crippen LogP contribution in [0, 0.1) is 5.92 Å². The van der Waals surface area contributed by atoms with E-state index in [1.807, 2.05) is 0 Å². The van der Waals surface area contributed by atoms with Gasteiger partial charge in [0, 0.05) is 0 Å². The van der Waals surface area contributed by atoms with Gasteiger partial charge in [-0.15, -0.1) is 0 Å². The standard InChI is InChI=1S/C17H26ClNO2/c1-11(2)15-13(9-12-5-7-19-8-6-12)10-14(20-3)17(21-4)16(15)18/h10-12,19H,5-9H2,1-4H3. The topological polar surface area (TPSA) is 30.5 Å².